The monoisotopic (exact) mass is 690 g/mol. The van der Waals surface area contributed by atoms with E-state index in [1.807, 2.05) is 60.7 Å². The number of piperidine rings is 1. The van der Waals surface area contributed by atoms with Crippen LogP contribution in [-0.4, -0.2) is 81.9 Å². The van der Waals surface area contributed by atoms with Crippen molar-refractivity contribution >= 4 is 29.8 Å². The van der Waals surface area contributed by atoms with Gasteiger partial charge in [0.15, 0.2) is 5.82 Å². The summed E-state index contributed by atoms with van der Waals surface area (Å²) in [6.45, 7) is 11.8. The van der Waals surface area contributed by atoms with Crippen molar-refractivity contribution in [2.24, 2.45) is 5.92 Å². The molecular formula is C37H50N6O7. The Labute approximate surface area is 294 Å². The molecule has 2 atom stereocenters. The van der Waals surface area contributed by atoms with Gasteiger partial charge < -0.3 is 39.6 Å². The second kappa shape index (κ2) is 17.1. The zero-order valence-electron chi connectivity index (χ0n) is 29.8. The van der Waals surface area contributed by atoms with E-state index in [2.05, 4.69) is 27.9 Å². The number of carbonyl (C=O) groups excluding carboxylic acids is 4. The molecule has 2 heterocycles. The fraction of sp³-hybridized carbons (Fsp3) is 0.486. The first-order valence-electron chi connectivity index (χ1n) is 16.9. The van der Waals surface area contributed by atoms with Crippen molar-refractivity contribution in [3.8, 4) is 0 Å². The molecule has 13 heteroatoms. The minimum absolute atomic E-state index is 0.0599. The van der Waals surface area contributed by atoms with Crippen LogP contribution in [0.2, 0.25) is 0 Å². The predicted octanol–water partition coefficient (Wildman–Crippen LogP) is 5.28. The van der Waals surface area contributed by atoms with Crippen LogP contribution in [0.5, 0.6) is 0 Å². The number of rotatable bonds is 13. The normalized spacial score (nSPS) is 15.0. The molecule has 0 aliphatic carbocycles. The van der Waals surface area contributed by atoms with Gasteiger partial charge in [-0.2, -0.15) is 0 Å². The number of benzene rings is 2. The summed E-state index contributed by atoms with van der Waals surface area (Å²) in [7, 11) is 0. The van der Waals surface area contributed by atoms with Gasteiger partial charge in [0.1, 0.15) is 23.8 Å². The van der Waals surface area contributed by atoms with Gasteiger partial charge >= 0.3 is 12.2 Å². The molecule has 0 bridgehead atoms. The summed E-state index contributed by atoms with van der Waals surface area (Å²) in [5.74, 6) is -0.390. The van der Waals surface area contributed by atoms with Crippen molar-refractivity contribution in [3.63, 3.8) is 0 Å². The maximum Gasteiger partial charge on any atom is 0.409 e. The molecule has 1 saturated heterocycles. The number of anilines is 1. The average Bonchev–Trinajstić information content (AvgIpc) is 3.52. The summed E-state index contributed by atoms with van der Waals surface area (Å²) in [5.41, 5.74) is -0.399. The Kier molecular flexibility index (Phi) is 13.0. The van der Waals surface area contributed by atoms with E-state index in [0.717, 1.165) is 24.0 Å². The third kappa shape index (κ3) is 11.6. The summed E-state index contributed by atoms with van der Waals surface area (Å²) in [5, 5.41) is 8.05. The van der Waals surface area contributed by atoms with E-state index >= 15 is 0 Å². The molecule has 0 saturated carbocycles. The number of nitrogens with one attached hydrogen (secondary N) is 3. The lowest BCUT2D eigenvalue weighted by Gasteiger charge is -2.30. The van der Waals surface area contributed by atoms with Crippen LogP contribution in [0, 0.1) is 5.92 Å². The molecule has 270 valence electrons. The van der Waals surface area contributed by atoms with E-state index in [9.17, 15) is 19.2 Å². The number of nitrogens with zero attached hydrogens (tertiary/aromatic N) is 3. The number of carbonyl (C=O) groups is 4. The van der Waals surface area contributed by atoms with Gasteiger partial charge in [0.25, 0.3) is 5.91 Å². The first-order chi connectivity index (χ1) is 23.7. The Balaban J connectivity index is 1.46. The van der Waals surface area contributed by atoms with Gasteiger partial charge in [-0.1, -0.05) is 67.6 Å². The highest BCUT2D eigenvalue weighted by Gasteiger charge is 2.35. The lowest BCUT2D eigenvalue weighted by atomic mass is 10.00. The maximum atomic E-state index is 13.6. The van der Waals surface area contributed by atoms with E-state index in [4.69, 9.17) is 14.2 Å². The Morgan fingerprint density at radius 1 is 0.920 bits per heavy atom. The number of alkyl carbamates (subject to hydrolysis) is 1. The highest BCUT2D eigenvalue weighted by molar-refractivity contribution is 5.98. The third-order valence-corrected chi connectivity index (χ3v) is 8.20. The molecule has 13 nitrogen and oxygen atoms in total. The van der Waals surface area contributed by atoms with Crippen molar-refractivity contribution in [3.05, 3.63) is 84.3 Å². The molecule has 1 aromatic heterocycles. The summed E-state index contributed by atoms with van der Waals surface area (Å²) >= 11 is 0. The van der Waals surface area contributed by atoms with Crippen LogP contribution in [-0.2, 0) is 30.4 Å². The summed E-state index contributed by atoms with van der Waals surface area (Å²) in [6.07, 6.45) is 3.95. The fourth-order valence-corrected chi connectivity index (χ4v) is 5.25. The van der Waals surface area contributed by atoms with Crippen LogP contribution in [0.4, 0.5) is 15.4 Å². The average molecular weight is 691 g/mol. The molecule has 4 rings (SSSR count). The van der Waals surface area contributed by atoms with E-state index in [1.54, 1.807) is 42.8 Å². The summed E-state index contributed by atoms with van der Waals surface area (Å²) < 4.78 is 18.7. The maximum absolute atomic E-state index is 13.6. The molecule has 1 fully saturated rings. The van der Waals surface area contributed by atoms with Crippen LogP contribution in [0.25, 0.3) is 0 Å². The molecule has 1 aliphatic heterocycles. The van der Waals surface area contributed by atoms with Gasteiger partial charge in [0, 0.05) is 19.3 Å². The molecule has 3 aromatic rings. The molecule has 0 spiro atoms. The molecule has 3 N–H and O–H groups in total. The van der Waals surface area contributed by atoms with Crippen molar-refractivity contribution < 1.29 is 33.4 Å². The summed E-state index contributed by atoms with van der Waals surface area (Å²) in [4.78, 5) is 58.5. The SMILES string of the molecule is CC1CCN(C(=O)OCC(c2ccccc2)n2cnc(NC(=O)C(COCc3ccccc3)NC(=O)C(C)(C)NC(=O)OC(C)(C)C)c2)CC1. The highest BCUT2D eigenvalue weighted by Crippen LogP contribution is 2.22. The molecule has 1 aliphatic rings. The van der Waals surface area contributed by atoms with Crippen molar-refractivity contribution in [1.29, 1.82) is 0 Å². The smallest absolute Gasteiger partial charge is 0.409 e. The van der Waals surface area contributed by atoms with Crippen LogP contribution < -0.4 is 16.0 Å². The van der Waals surface area contributed by atoms with Crippen LogP contribution in [0.1, 0.15) is 71.6 Å². The van der Waals surface area contributed by atoms with E-state index in [0.29, 0.717) is 19.0 Å². The molecule has 2 aromatic carbocycles. The zero-order valence-corrected chi connectivity index (χ0v) is 29.8. The van der Waals surface area contributed by atoms with Gasteiger partial charge in [-0.3, -0.25) is 9.59 Å². The molecular weight excluding hydrogens is 640 g/mol. The van der Waals surface area contributed by atoms with Gasteiger partial charge in [-0.05, 0) is 64.5 Å². The minimum atomic E-state index is -1.42. The zero-order chi connectivity index (χ0) is 36.3. The number of hydrogen-bond acceptors (Lipinski definition) is 8. The standard InChI is InChI=1S/C37H50N6O7/c1-26-17-19-42(20-18-26)35(47)49-24-30(28-15-11-8-12-16-28)43-21-31(38-25-43)40-32(44)29(23-48-22-27-13-9-7-10-14-27)39-33(45)37(5,6)41-34(46)50-36(2,3)4/h7-16,21,25-26,29-30H,17-20,22-24H2,1-6H3,(H,39,45)(H,40,44)(H,41,46). The number of imidazole rings is 1. The van der Waals surface area contributed by atoms with E-state index < -0.39 is 41.1 Å². The first-order valence-corrected chi connectivity index (χ1v) is 16.9. The van der Waals surface area contributed by atoms with Crippen molar-refractivity contribution in [2.45, 2.75) is 84.2 Å². The Hall–Kier alpha value is -4.91. The van der Waals surface area contributed by atoms with E-state index in [1.165, 1.54) is 13.8 Å². The van der Waals surface area contributed by atoms with Crippen molar-refractivity contribution in [2.75, 3.05) is 31.6 Å². The van der Waals surface area contributed by atoms with Gasteiger partial charge in [0.2, 0.25) is 5.91 Å². The Bertz CT molecular complexity index is 1560. The second-order valence-corrected chi connectivity index (χ2v) is 14.1. The summed E-state index contributed by atoms with van der Waals surface area (Å²) in [6, 6.07) is 17.4. The molecule has 0 radical (unpaired) electrons. The number of likely N-dealkylation sites (tertiary alicyclic amines) is 1. The third-order valence-electron chi connectivity index (χ3n) is 8.20. The van der Waals surface area contributed by atoms with E-state index in [-0.39, 0.29) is 31.7 Å². The fourth-order valence-electron chi connectivity index (χ4n) is 5.25. The quantitative estimate of drug-likeness (QED) is 0.219. The first kappa shape index (κ1) is 37.9. The number of amides is 4. The topological polar surface area (TPSA) is 153 Å². The lowest BCUT2D eigenvalue weighted by Crippen LogP contribution is -2.59. The molecule has 50 heavy (non-hydrogen) atoms. The highest BCUT2D eigenvalue weighted by atomic mass is 16.6. The Morgan fingerprint density at radius 2 is 1.56 bits per heavy atom. The molecule has 2 unspecified atom stereocenters. The van der Waals surface area contributed by atoms with Gasteiger partial charge in [-0.25, -0.2) is 14.6 Å². The van der Waals surface area contributed by atoms with Crippen LogP contribution >= 0.6 is 0 Å². The lowest BCUT2D eigenvalue weighted by molar-refractivity contribution is -0.131. The Morgan fingerprint density at radius 3 is 2.20 bits per heavy atom. The predicted molar refractivity (Wildman–Crippen MR) is 188 cm³/mol. The van der Waals surface area contributed by atoms with Gasteiger partial charge in [-0.15, -0.1) is 0 Å². The van der Waals surface area contributed by atoms with Gasteiger partial charge in [0.05, 0.1) is 25.6 Å². The van der Waals surface area contributed by atoms with Crippen molar-refractivity contribution in [1.82, 2.24) is 25.1 Å². The minimum Gasteiger partial charge on any atom is -0.447 e. The number of hydrogen-bond donors (Lipinski definition) is 3. The molecule has 4 amide bonds. The second-order valence-electron chi connectivity index (χ2n) is 14.1. The van der Waals surface area contributed by atoms with Crippen LogP contribution in [0.15, 0.2) is 73.2 Å². The largest absolute Gasteiger partial charge is 0.447 e. The van der Waals surface area contributed by atoms with Crippen LogP contribution in [0.3, 0.4) is 0 Å². The number of ether oxygens (including phenoxy) is 3. The number of aromatic nitrogens is 2.